The van der Waals surface area contributed by atoms with E-state index >= 15 is 0 Å². The fraction of sp³-hybridized carbons (Fsp3) is 0.444. The number of halogens is 2. The molecule has 1 heterocycles. The Morgan fingerprint density at radius 1 is 1.28 bits per heavy atom. The second-order valence-corrected chi connectivity index (χ2v) is 5.83. The van der Waals surface area contributed by atoms with Gasteiger partial charge < -0.3 is 10.6 Å². The minimum absolute atomic E-state index is 0. The molecule has 0 aliphatic heterocycles. The quantitative estimate of drug-likeness (QED) is 0.257. The minimum Gasteiger partial charge on any atom is -0.357 e. The summed E-state index contributed by atoms with van der Waals surface area (Å²) in [6.45, 7) is 7.87. The Balaban J connectivity index is 0.00000312. The average molecular weight is 459 g/mol. The number of hydrogen-bond donors (Lipinski definition) is 3. The van der Waals surface area contributed by atoms with E-state index in [0.717, 1.165) is 43.1 Å². The molecule has 0 aliphatic carbocycles. The molecule has 5 nitrogen and oxygen atoms in total. The molecule has 0 fully saturated rings. The van der Waals surface area contributed by atoms with Crippen LogP contribution >= 0.6 is 24.0 Å². The van der Waals surface area contributed by atoms with Crippen LogP contribution in [0, 0.1) is 19.7 Å². The number of hydrogen-bond acceptors (Lipinski definition) is 2. The molecule has 1 aromatic carbocycles. The standard InChI is InChI=1S/C18H26FN5.HI/c1-4-20-18(21-9-5-6-16-12-23-24-14(16)3)22-11-15-8-7-13(2)17(19)10-15;/h7-8,10,12H,4-6,9,11H2,1-3H3,(H,23,24)(H2,20,21,22);1H. The Labute approximate surface area is 165 Å². The molecule has 0 atom stereocenters. The van der Waals surface area contributed by atoms with Gasteiger partial charge in [0, 0.05) is 18.8 Å². The Hall–Kier alpha value is -1.64. The fourth-order valence-corrected chi connectivity index (χ4v) is 2.36. The van der Waals surface area contributed by atoms with Crippen LogP contribution in [0.25, 0.3) is 0 Å². The molecule has 1 aromatic heterocycles. The van der Waals surface area contributed by atoms with Gasteiger partial charge in [0.1, 0.15) is 5.82 Å². The third-order valence-electron chi connectivity index (χ3n) is 3.85. The van der Waals surface area contributed by atoms with Crippen molar-refractivity contribution in [1.29, 1.82) is 0 Å². The fourth-order valence-electron chi connectivity index (χ4n) is 2.36. The highest BCUT2D eigenvalue weighted by Crippen LogP contribution is 2.10. The van der Waals surface area contributed by atoms with Crippen LogP contribution in [0.3, 0.4) is 0 Å². The van der Waals surface area contributed by atoms with E-state index in [9.17, 15) is 4.39 Å². The van der Waals surface area contributed by atoms with E-state index in [4.69, 9.17) is 0 Å². The molecule has 0 unspecified atom stereocenters. The average Bonchev–Trinajstić information content (AvgIpc) is 2.97. The largest absolute Gasteiger partial charge is 0.357 e. The van der Waals surface area contributed by atoms with Crippen LogP contribution in [-0.2, 0) is 13.0 Å². The first-order valence-corrected chi connectivity index (χ1v) is 8.36. The molecule has 0 spiro atoms. The van der Waals surface area contributed by atoms with Crippen LogP contribution in [0.4, 0.5) is 4.39 Å². The van der Waals surface area contributed by atoms with Crippen molar-refractivity contribution in [2.24, 2.45) is 4.99 Å². The maximum atomic E-state index is 13.6. The van der Waals surface area contributed by atoms with Crippen molar-refractivity contribution in [2.75, 3.05) is 13.1 Å². The Bertz CT molecular complexity index is 684. The molecule has 0 radical (unpaired) electrons. The molecule has 25 heavy (non-hydrogen) atoms. The van der Waals surface area contributed by atoms with E-state index in [1.54, 1.807) is 19.1 Å². The molecular formula is C18H27FIN5. The molecule has 2 aromatic rings. The van der Waals surface area contributed by atoms with Gasteiger partial charge in [-0.3, -0.25) is 5.10 Å². The minimum atomic E-state index is -0.184. The van der Waals surface area contributed by atoms with E-state index in [-0.39, 0.29) is 29.8 Å². The number of aryl methyl sites for hydroxylation is 3. The number of rotatable bonds is 7. The van der Waals surface area contributed by atoms with Gasteiger partial charge in [-0.05, 0) is 56.4 Å². The van der Waals surface area contributed by atoms with Gasteiger partial charge in [0.2, 0.25) is 0 Å². The predicted molar refractivity (Wildman–Crippen MR) is 111 cm³/mol. The summed E-state index contributed by atoms with van der Waals surface area (Å²) in [5, 5.41) is 13.5. The lowest BCUT2D eigenvalue weighted by atomic mass is 10.1. The maximum absolute atomic E-state index is 13.6. The SMILES string of the molecule is CCNC(=NCc1ccc(C)c(F)c1)NCCCc1cn[nH]c1C.I. The molecule has 0 amide bonds. The number of nitrogens with one attached hydrogen (secondary N) is 3. The van der Waals surface area contributed by atoms with Crippen LogP contribution in [0.5, 0.6) is 0 Å². The van der Waals surface area contributed by atoms with Crippen molar-refractivity contribution in [3.63, 3.8) is 0 Å². The molecule has 2 rings (SSSR count). The van der Waals surface area contributed by atoms with Crippen molar-refractivity contribution < 1.29 is 4.39 Å². The molecule has 0 saturated carbocycles. The summed E-state index contributed by atoms with van der Waals surface area (Å²) < 4.78 is 13.6. The van der Waals surface area contributed by atoms with Gasteiger partial charge in [-0.15, -0.1) is 24.0 Å². The lowest BCUT2D eigenvalue weighted by Crippen LogP contribution is -2.37. The first-order valence-electron chi connectivity index (χ1n) is 8.36. The summed E-state index contributed by atoms with van der Waals surface area (Å²) >= 11 is 0. The molecular weight excluding hydrogens is 432 g/mol. The third-order valence-corrected chi connectivity index (χ3v) is 3.85. The molecule has 0 saturated heterocycles. The van der Waals surface area contributed by atoms with Gasteiger partial charge in [0.15, 0.2) is 5.96 Å². The molecule has 0 bridgehead atoms. The van der Waals surface area contributed by atoms with Gasteiger partial charge in [-0.1, -0.05) is 12.1 Å². The second kappa shape index (κ2) is 11.1. The van der Waals surface area contributed by atoms with Crippen molar-refractivity contribution in [2.45, 2.75) is 40.2 Å². The highest BCUT2D eigenvalue weighted by molar-refractivity contribution is 14.0. The zero-order chi connectivity index (χ0) is 17.4. The van der Waals surface area contributed by atoms with E-state index in [1.807, 2.05) is 26.1 Å². The van der Waals surface area contributed by atoms with Crippen LogP contribution in [0.2, 0.25) is 0 Å². The Morgan fingerprint density at radius 3 is 2.72 bits per heavy atom. The number of H-pyrrole nitrogens is 1. The number of nitrogens with zero attached hydrogens (tertiary/aromatic N) is 2. The number of aliphatic imine (C=N–C) groups is 1. The highest BCUT2D eigenvalue weighted by Gasteiger charge is 2.02. The summed E-state index contributed by atoms with van der Waals surface area (Å²) in [5.41, 5.74) is 3.89. The van der Waals surface area contributed by atoms with Crippen molar-refractivity contribution in [1.82, 2.24) is 20.8 Å². The van der Waals surface area contributed by atoms with Crippen molar-refractivity contribution in [3.8, 4) is 0 Å². The van der Waals surface area contributed by atoms with Gasteiger partial charge in [0.25, 0.3) is 0 Å². The molecule has 0 aliphatic rings. The smallest absolute Gasteiger partial charge is 0.191 e. The van der Waals surface area contributed by atoms with E-state index in [1.165, 1.54) is 5.56 Å². The normalized spacial score (nSPS) is 11.1. The van der Waals surface area contributed by atoms with Crippen LogP contribution in [0.15, 0.2) is 29.4 Å². The van der Waals surface area contributed by atoms with E-state index in [0.29, 0.717) is 12.1 Å². The highest BCUT2D eigenvalue weighted by atomic mass is 127. The molecule has 3 N–H and O–H groups in total. The zero-order valence-corrected chi connectivity index (χ0v) is 17.4. The second-order valence-electron chi connectivity index (χ2n) is 5.83. The molecule has 138 valence electrons. The predicted octanol–water partition coefficient (Wildman–Crippen LogP) is 3.47. The topological polar surface area (TPSA) is 65.1 Å². The number of aromatic nitrogens is 2. The lowest BCUT2D eigenvalue weighted by Gasteiger charge is -2.11. The Morgan fingerprint density at radius 2 is 2.08 bits per heavy atom. The lowest BCUT2D eigenvalue weighted by molar-refractivity contribution is 0.616. The van der Waals surface area contributed by atoms with Gasteiger partial charge in [-0.25, -0.2) is 9.38 Å². The Kier molecular flexibility index (Phi) is 9.48. The number of guanidine groups is 1. The number of benzene rings is 1. The maximum Gasteiger partial charge on any atom is 0.191 e. The van der Waals surface area contributed by atoms with Crippen molar-refractivity contribution >= 4 is 29.9 Å². The van der Waals surface area contributed by atoms with Crippen LogP contribution in [-0.4, -0.2) is 29.2 Å². The van der Waals surface area contributed by atoms with Gasteiger partial charge in [0.05, 0.1) is 12.7 Å². The van der Waals surface area contributed by atoms with Crippen LogP contribution in [0.1, 0.15) is 35.7 Å². The summed E-state index contributed by atoms with van der Waals surface area (Å²) in [5.74, 6) is 0.568. The summed E-state index contributed by atoms with van der Waals surface area (Å²) in [6.07, 6.45) is 3.84. The van der Waals surface area contributed by atoms with E-state index in [2.05, 4.69) is 25.8 Å². The first kappa shape index (κ1) is 21.4. The number of aromatic amines is 1. The summed E-state index contributed by atoms with van der Waals surface area (Å²) in [7, 11) is 0. The monoisotopic (exact) mass is 459 g/mol. The third kappa shape index (κ3) is 7.01. The van der Waals surface area contributed by atoms with E-state index < -0.39 is 0 Å². The van der Waals surface area contributed by atoms with Crippen LogP contribution < -0.4 is 10.6 Å². The van der Waals surface area contributed by atoms with Crippen molar-refractivity contribution in [3.05, 3.63) is 52.6 Å². The molecule has 7 heteroatoms. The summed E-state index contributed by atoms with van der Waals surface area (Å²) in [6, 6.07) is 5.24. The van der Waals surface area contributed by atoms with Gasteiger partial charge >= 0.3 is 0 Å². The first-order chi connectivity index (χ1) is 11.6. The van der Waals surface area contributed by atoms with Gasteiger partial charge in [-0.2, -0.15) is 5.10 Å². The summed E-state index contributed by atoms with van der Waals surface area (Å²) in [4.78, 5) is 4.52. The zero-order valence-electron chi connectivity index (χ0n) is 15.0.